The van der Waals surface area contributed by atoms with Gasteiger partial charge in [0.2, 0.25) is 0 Å². The first kappa shape index (κ1) is 18.5. The highest BCUT2D eigenvalue weighted by Crippen LogP contribution is 2.18. The summed E-state index contributed by atoms with van der Waals surface area (Å²) in [4.78, 5) is 10.7. The molecule has 2 N–H and O–H groups in total. The van der Waals surface area contributed by atoms with E-state index in [2.05, 4.69) is 5.32 Å². The molecule has 1 amide bonds. The summed E-state index contributed by atoms with van der Waals surface area (Å²) in [6, 6.07) is 8.41. The Hall–Kier alpha value is -1.82. The van der Waals surface area contributed by atoms with Crippen LogP contribution in [0.2, 0.25) is 0 Å². The van der Waals surface area contributed by atoms with E-state index in [-0.39, 0.29) is 6.54 Å². The summed E-state index contributed by atoms with van der Waals surface area (Å²) >= 11 is 0. The monoisotopic (exact) mass is 340 g/mol. The van der Waals surface area contributed by atoms with E-state index in [1.54, 1.807) is 6.08 Å². The van der Waals surface area contributed by atoms with Crippen molar-refractivity contribution in [3.05, 3.63) is 41.5 Å². The first-order valence-corrected chi connectivity index (χ1v) is 8.29. The highest BCUT2D eigenvalue weighted by atomic mass is 19.4. The van der Waals surface area contributed by atoms with Crippen LogP contribution in [0.25, 0.3) is 6.08 Å². The van der Waals surface area contributed by atoms with Gasteiger partial charge in [-0.2, -0.15) is 13.2 Å². The van der Waals surface area contributed by atoms with Crippen molar-refractivity contribution in [2.45, 2.75) is 50.9 Å². The number of hydrogen-bond acceptors (Lipinski definition) is 2. The van der Waals surface area contributed by atoms with Gasteiger partial charge in [0.1, 0.15) is 0 Å². The van der Waals surface area contributed by atoms with Crippen molar-refractivity contribution < 1.29 is 18.0 Å². The number of halogens is 3. The quantitative estimate of drug-likeness (QED) is 0.827. The molecular formula is C18H23F3N2O. The highest BCUT2D eigenvalue weighted by Gasteiger charge is 2.37. The van der Waals surface area contributed by atoms with Gasteiger partial charge < -0.3 is 10.6 Å². The number of hydrogen-bond donors (Lipinski definition) is 2. The zero-order valence-corrected chi connectivity index (χ0v) is 13.5. The average molecular weight is 340 g/mol. The Morgan fingerprint density at radius 1 is 1.21 bits per heavy atom. The predicted octanol–water partition coefficient (Wildman–Crippen LogP) is 3.80. The summed E-state index contributed by atoms with van der Waals surface area (Å²) in [5.41, 5.74) is 2.04. The molecule has 24 heavy (non-hydrogen) atoms. The molecule has 1 saturated carbocycles. The number of rotatable bonds is 6. The maximum absolute atomic E-state index is 12.0. The Morgan fingerprint density at radius 2 is 1.96 bits per heavy atom. The summed E-state index contributed by atoms with van der Waals surface area (Å²) in [6.45, 7) is 0.639. The number of alkyl halides is 3. The summed E-state index contributed by atoms with van der Waals surface area (Å²) in [7, 11) is 0. The van der Waals surface area contributed by atoms with Crippen LogP contribution < -0.4 is 10.6 Å². The molecule has 0 saturated heterocycles. The van der Waals surface area contributed by atoms with Gasteiger partial charge in [0.25, 0.3) is 0 Å². The van der Waals surface area contributed by atoms with E-state index in [0.29, 0.717) is 6.04 Å². The van der Waals surface area contributed by atoms with E-state index < -0.39 is 12.1 Å². The summed E-state index contributed by atoms with van der Waals surface area (Å²) < 4.78 is 36.1. The van der Waals surface area contributed by atoms with Crippen LogP contribution in [0, 0.1) is 0 Å². The van der Waals surface area contributed by atoms with E-state index in [1.165, 1.54) is 38.2 Å². The molecule has 0 heterocycles. The summed E-state index contributed by atoms with van der Waals surface area (Å²) in [5.74, 6) is -1.92. The van der Waals surface area contributed by atoms with Gasteiger partial charge >= 0.3 is 12.1 Å². The molecule has 0 aromatic heterocycles. The minimum absolute atomic E-state index is 0.150. The number of benzene rings is 1. The Morgan fingerprint density at radius 3 is 2.67 bits per heavy atom. The van der Waals surface area contributed by atoms with Crippen molar-refractivity contribution in [2.24, 2.45) is 0 Å². The molecule has 1 aliphatic carbocycles. The van der Waals surface area contributed by atoms with Crippen molar-refractivity contribution in [1.82, 2.24) is 10.6 Å². The molecular weight excluding hydrogens is 317 g/mol. The fraction of sp³-hybridized carbons (Fsp3) is 0.500. The van der Waals surface area contributed by atoms with E-state index >= 15 is 0 Å². The lowest BCUT2D eigenvalue weighted by Crippen LogP contribution is -2.36. The summed E-state index contributed by atoms with van der Waals surface area (Å²) in [6.07, 6.45) is 4.71. The van der Waals surface area contributed by atoms with Crippen LogP contribution in [0.3, 0.4) is 0 Å². The SMILES string of the molecule is O=C(NC/C=C/c1cccc(CNC2CCCCC2)c1)C(F)(F)F. The standard InChI is InChI=1S/C18H23F3N2O/c19-18(20,21)17(24)22-11-5-8-14-6-4-7-15(12-14)13-23-16-9-2-1-3-10-16/h4-8,12,16,23H,1-3,9-11,13H2,(H,22,24)/b8-5+. The Kier molecular flexibility index (Phi) is 6.85. The lowest BCUT2D eigenvalue weighted by Gasteiger charge is -2.22. The van der Waals surface area contributed by atoms with Crippen molar-refractivity contribution in [3.8, 4) is 0 Å². The van der Waals surface area contributed by atoms with Crippen LogP contribution in [-0.4, -0.2) is 24.7 Å². The Bertz CT molecular complexity index is 564. The molecule has 0 atom stereocenters. The van der Waals surface area contributed by atoms with Gasteiger partial charge in [0.05, 0.1) is 0 Å². The largest absolute Gasteiger partial charge is 0.471 e. The van der Waals surface area contributed by atoms with Crippen LogP contribution in [-0.2, 0) is 11.3 Å². The topological polar surface area (TPSA) is 41.1 Å². The third-order valence-electron chi connectivity index (χ3n) is 4.10. The molecule has 0 radical (unpaired) electrons. The molecule has 1 aliphatic rings. The van der Waals surface area contributed by atoms with Gasteiger partial charge in [-0.25, -0.2) is 0 Å². The third kappa shape index (κ3) is 6.35. The average Bonchev–Trinajstić information content (AvgIpc) is 2.57. The molecule has 1 fully saturated rings. The third-order valence-corrected chi connectivity index (χ3v) is 4.10. The lowest BCUT2D eigenvalue weighted by molar-refractivity contribution is -0.173. The van der Waals surface area contributed by atoms with Crippen molar-refractivity contribution in [2.75, 3.05) is 6.54 Å². The maximum atomic E-state index is 12.0. The zero-order chi connectivity index (χ0) is 17.4. The first-order chi connectivity index (χ1) is 11.4. The minimum Gasteiger partial charge on any atom is -0.345 e. The normalized spacial score (nSPS) is 16.5. The lowest BCUT2D eigenvalue weighted by atomic mass is 9.95. The number of carbonyl (C=O) groups is 1. The van der Waals surface area contributed by atoms with E-state index in [4.69, 9.17) is 0 Å². The Labute approximate surface area is 140 Å². The van der Waals surface area contributed by atoms with Crippen molar-refractivity contribution >= 4 is 12.0 Å². The van der Waals surface area contributed by atoms with E-state index in [0.717, 1.165) is 17.7 Å². The molecule has 2 rings (SSSR count). The molecule has 0 aliphatic heterocycles. The van der Waals surface area contributed by atoms with Gasteiger partial charge in [0, 0.05) is 19.1 Å². The summed E-state index contributed by atoms with van der Waals surface area (Å²) in [5, 5.41) is 5.37. The van der Waals surface area contributed by atoms with Crippen molar-refractivity contribution in [1.29, 1.82) is 0 Å². The predicted molar refractivity (Wildman–Crippen MR) is 88.3 cm³/mol. The van der Waals surface area contributed by atoms with Crippen LogP contribution >= 0.6 is 0 Å². The maximum Gasteiger partial charge on any atom is 0.471 e. The number of amides is 1. The number of carbonyl (C=O) groups excluding carboxylic acids is 1. The smallest absolute Gasteiger partial charge is 0.345 e. The van der Waals surface area contributed by atoms with Crippen LogP contribution in [0.15, 0.2) is 30.3 Å². The van der Waals surface area contributed by atoms with Crippen LogP contribution in [0.1, 0.15) is 43.2 Å². The van der Waals surface area contributed by atoms with Crippen LogP contribution in [0.4, 0.5) is 13.2 Å². The van der Waals surface area contributed by atoms with Crippen molar-refractivity contribution in [3.63, 3.8) is 0 Å². The van der Waals surface area contributed by atoms with Gasteiger partial charge in [-0.05, 0) is 24.0 Å². The first-order valence-electron chi connectivity index (χ1n) is 8.29. The van der Waals surface area contributed by atoms with Crippen LogP contribution in [0.5, 0.6) is 0 Å². The molecule has 0 spiro atoms. The molecule has 132 valence electrons. The fourth-order valence-electron chi connectivity index (χ4n) is 2.82. The van der Waals surface area contributed by atoms with E-state index in [1.807, 2.05) is 29.6 Å². The second-order valence-corrected chi connectivity index (χ2v) is 6.07. The van der Waals surface area contributed by atoms with Gasteiger partial charge in [-0.3, -0.25) is 4.79 Å². The molecule has 3 nitrogen and oxygen atoms in total. The highest BCUT2D eigenvalue weighted by molar-refractivity contribution is 5.81. The minimum atomic E-state index is -4.83. The fourth-order valence-corrected chi connectivity index (χ4v) is 2.82. The molecule has 0 unspecified atom stereocenters. The number of nitrogens with one attached hydrogen (secondary N) is 2. The molecule has 0 bridgehead atoms. The van der Waals surface area contributed by atoms with E-state index in [9.17, 15) is 18.0 Å². The molecule has 6 heteroatoms. The Balaban J connectivity index is 1.79. The second kappa shape index (κ2) is 8.87. The van der Waals surface area contributed by atoms with Gasteiger partial charge in [-0.1, -0.05) is 55.7 Å². The van der Waals surface area contributed by atoms with Gasteiger partial charge in [0.15, 0.2) is 0 Å². The molecule has 1 aromatic carbocycles. The second-order valence-electron chi connectivity index (χ2n) is 6.07. The zero-order valence-electron chi connectivity index (χ0n) is 13.5. The van der Waals surface area contributed by atoms with Gasteiger partial charge in [-0.15, -0.1) is 0 Å². The molecule has 1 aromatic rings.